The minimum atomic E-state index is -1.93. The van der Waals surface area contributed by atoms with Gasteiger partial charge in [-0.3, -0.25) is 14.4 Å². The molecule has 0 radical (unpaired) electrons. The lowest BCUT2D eigenvalue weighted by Gasteiger charge is -2.72. The number of allylic oxidation sites excluding steroid dienone is 1. The molecule has 5 aliphatic carbocycles. The normalized spacial score (nSPS) is 51.4. The average molecular weight is 1010 g/mol. The van der Waals surface area contributed by atoms with Crippen LogP contribution in [0.5, 0.6) is 0 Å². The van der Waals surface area contributed by atoms with Crippen LogP contribution in [0.2, 0.25) is 0 Å². The van der Waals surface area contributed by atoms with Gasteiger partial charge in [0.25, 0.3) is 0 Å². The number of carbonyl (C=O) groups excluding carboxylic acids is 3. The van der Waals surface area contributed by atoms with Crippen LogP contribution >= 0.6 is 0 Å². The molecule has 0 aromatic heterocycles. The van der Waals surface area contributed by atoms with Crippen LogP contribution in [0.15, 0.2) is 11.6 Å². The Bertz CT molecular complexity index is 2030. The predicted molar refractivity (Wildman–Crippen MR) is 245 cm³/mol. The van der Waals surface area contributed by atoms with Gasteiger partial charge in [0, 0.05) is 31.8 Å². The van der Waals surface area contributed by atoms with Crippen LogP contribution in [-0.2, 0) is 52.3 Å². The van der Waals surface area contributed by atoms with Crippen molar-refractivity contribution in [2.75, 3.05) is 20.3 Å². The van der Waals surface area contributed by atoms with Crippen molar-refractivity contribution in [3.63, 3.8) is 0 Å². The number of hydrogen-bond acceptors (Lipinski definition) is 20. The Kier molecular flexibility index (Phi) is 15.0. The Labute approximate surface area is 415 Å². The van der Waals surface area contributed by atoms with Crippen molar-refractivity contribution in [1.82, 2.24) is 0 Å². The summed E-state index contributed by atoms with van der Waals surface area (Å²) in [6.45, 7) is 16.4. The fourth-order valence-electron chi connectivity index (χ4n) is 14.9. The Morgan fingerprint density at radius 2 is 1.34 bits per heavy atom. The Morgan fingerprint density at radius 1 is 0.704 bits per heavy atom. The molecule has 4 saturated carbocycles. The molecule has 3 saturated heterocycles. The summed E-state index contributed by atoms with van der Waals surface area (Å²) in [5, 5.41) is 99.0. The second-order valence-corrected chi connectivity index (χ2v) is 24.2. The third-order valence-corrected chi connectivity index (χ3v) is 20.0. The molecule has 7 fully saturated rings. The summed E-state index contributed by atoms with van der Waals surface area (Å²) >= 11 is 0. The zero-order valence-corrected chi connectivity index (χ0v) is 42.7. The first-order valence-corrected chi connectivity index (χ1v) is 25.5. The van der Waals surface area contributed by atoms with E-state index in [2.05, 4.69) is 40.7 Å². The Balaban J connectivity index is 1.01. The lowest BCUT2D eigenvalue weighted by atomic mass is 9.32. The summed E-state index contributed by atoms with van der Waals surface area (Å²) in [6, 6.07) is 0. The van der Waals surface area contributed by atoms with Gasteiger partial charge in [0.05, 0.1) is 30.3 Å². The molecule has 404 valence electrons. The number of esters is 2. The largest absolute Gasteiger partial charge is 0.463 e. The fourth-order valence-corrected chi connectivity index (χ4v) is 14.9. The van der Waals surface area contributed by atoms with E-state index < -0.39 is 146 Å². The van der Waals surface area contributed by atoms with Gasteiger partial charge in [-0.05, 0) is 85.4 Å². The molecular formula is C51H80O20. The molecule has 0 spiro atoms. The standard InChI is InChI=1S/C51H80O20/c1-22-32(55)34(57)37(60)43(67-22)70-40-29(21-65-23(2)52)69-42(39(62)36(40)59)66-20-28-33(56)35(58)38(61)44(68-28)71-45(63)51-14-11-25-24(26(51)18-46(3,4)31(54)19-51)17-27(64-10)41-48(25,7)15-16-50(9)47(5,6)30(53)12-13-49(41,50)8/h17,22,25-29,31-44,54-62H,11-16,18-21H2,1-10H3/t22-,25+,26-,27+,28+,29+,31+,32-,33+,34+,35-,36+,37+,38+,39+,40+,41-,42+,43-,44-,48-,49+,50-,51+/m0/s1. The van der Waals surface area contributed by atoms with E-state index in [1.807, 2.05) is 13.8 Å². The number of aliphatic hydroxyl groups is 9. The van der Waals surface area contributed by atoms with E-state index in [0.717, 1.165) is 31.8 Å². The first-order chi connectivity index (χ1) is 33.0. The zero-order chi connectivity index (χ0) is 52.3. The molecule has 0 bridgehead atoms. The number of hydrogen-bond donors (Lipinski definition) is 9. The van der Waals surface area contributed by atoms with Gasteiger partial charge in [-0.15, -0.1) is 0 Å². The van der Waals surface area contributed by atoms with Crippen LogP contribution in [0, 0.1) is 50.2 Å². The molecule has 8 aliphatic rings. The summed E-state index contributed by atoms with van der Waals surface area (Å²) < 4.78 is 46.7. The molecule has 0 aromatic carbocycles. The third kappa shape index (κ3) is 8.77. The molecule has 20 heteroatoms. The second kappa shape index (κ2) is 19.4. The van der Waals surface area contributed by atoms with Crippen LogP contribution in [0.3, 0.4) is 0 Å². The number of carbonyl (C=O) groups is 3. The van der Waals surface area contributed by atoms with Gasteiger partial charge < -0.3 is 83.9 Å². The first kappa shape index (κ1) is 55.0. The average Bonchev–Trinajstić information content (AvgIpc) is 3.31. The van der Waals surface area contributed by atoms with Crippen LogP contribution < -0.4 is 0 Å². The highest BCUT2D eigenvalue weighted by atomic mass is 16.8. The van der Waals surface area contributed by atoms with Gasteiger partial charge in [-0.1, -0.05) is 60.1 Å². The molecule has 0 amide bonds. The van der Waals surface area contributed by atoms with Crippen LogP contribution in [-0.4, -0.2) is 188 Å². The molecule has 0 aromatic rings. The van der Waals surface area contributed by atoms with Gasteiger partial charge in [0.2, 0.25) is 6.29 Å². The molecule has 8 rings (SSSR count). The van der Waals surface area contributed by atoms with Crippen LogP contribution in [0.4, 0.5) is 0 Å². The van der Waals surface area contributed by atoms with E-state index >= 15 is 4.79 Å². The quantitative estimate of drug-likeness (QED) is 0.107. The van der Waals surface area contributed by atoms with E-state index in [1.54, 1.807) is 7.11 Å². The minimum Gasteiger partial charge on any atom is -0.463 e. The molecule has 0 unspecified atom stereocenters. The maximum Gasteiger partial charge on any atom is 0.315 e. The Hall–Kier alpha value is -2.25. The minimum absolute atomic E-state index is 0.0455. The molecule has 20 nitrogen and oxygen atoms in total. The number of Topliss-reactive ketones (excluding diaryl/α,β-unsaturated/α-hetero) is 1. The second-order valence-electron chi connectivity index (χ2n) is 24.2. The van der Waals surface area contributed by atoms with E-state index in [1.165, 1.54) is 6.92 Å². The number of methoxy groups -OCH3 is 1. The number of fused-ring (bicyclic) bond motifs is 7. The highest BCUT2D eigenvalue weighted by Gasteiger charge is 2.72. The van der Waals surface area contributed by atoms with Crippen molar-refractivity contribution in [1.29, 1.82) is 0 Å². The molecular weight excluding hydrogens is 933 g/mol. The number of rotatable bonds is 10. The SMILES string of the molecule is CO[C@@H]1C=C2[C@@H](CC[C@@]3(C(=O)O[C@@H]4O[C@H](CO[C@@H]5O[C@H](COC(C)=O)[C@@H](O[C@@H]6O[C@@H](C)[C@H](O)[C@@H](O)[C@H]6O)[C@H](O)[C@H]5O)[C@@H](O)[C@H](O)[C@H]4O)C[C@@H](O)C(C)(C)C[C@@H]23)[C@]2(C)CC[C@@]3(C)C(C)(C)C(=O)CC[C@]3(C)[C@@H]12. The van der Waals surface area contributed by atoms with Crippen molar-refractivity contribution in [2.45, 2.75) is 218 Å². The lowest BCUT2D eigenvalue weighted by molar-refractivity contribution is -0.361. The topological polar surface area (TPSA) is 307 Å². The third-order valence-electron chi connectivity index (χ3n) is 20.0. The van der Waals surface area contributed by atoms with E-state index in [0.29, 0.717) is 25.7 Å². The van der Waals surface area contributed by atoms with Gasteiger partial charge in [0.1, 0.15) is 79.5 Å². The van der Waals surface area contributed by atoms with Gasteiger partial charge in [0.15, 0.2) is 12.6 Å². The number of aliphatic hydroxyl groups excluding tert-OH is 9. The van der Waals surface area contributed by atoms with Crippen molar-refractivity contribution >= 4 is 17.7 Å². The summed E-state index contributed by atoms with van der Waals surface area (Å²) in [5.74, 6) is -1.50. The monoisotopic (exact) mass is 1010 g/mol. The molecule has 3 aliphatic heterocycles. The van der Waals surface area contributed by atoms with Crippen molar-refractivity contribution in [3.05, 3.63) is 11.6 Å². The van der Waals surface area contributed by atoms with E-state index in [4.69, 9.17) is 37.9 Å². The number of ether oxygens (including phenoxy) is 8. The summed E-state index contributed by atoms with van der Waals surface area (Å²) in [5.41, 5.74) is -2.15. The highest BCUT2D eigenvalue weighted by molar-refractivity contribution is 5.86. The highest BCUT2D eigenvalue weighted by Crippen LogP contribution is 2.75. The summed E-state index contributed by atoms with van der Waals surface area (Å²) in [6.07, 6.45) is -19.8. The Morgan fingerprint density at radius 3 is 2.00 bits per heavy atom. The summed E-state index contributed by atoms with van der Waals surface area (Å²) in [4.78, 5) is 40.5. The fraction of sp³-hybridized carbons (Fsp3) is 0.902. The van der Waals surface area contributed by atoms with Crippen molar-refractivity contribution < 1.29 is 98.2 Å². The van der Waals surface area contributed by atoms with Gasteiger partial charge in [-0.2, -0.15) is 0 Å². The molecule has 3 heterocycles. The maximum atomic E-state index is 15.1. The number of ketones is 1. The van der Waals surface area contributed by atoms with Gasteiger partial charge in [-0.25, -0.2) is 0 Å². The maximum absolute atomic E-state index is 15.1. The van der Waals surface area contributed by atoms with Crippen molar-refractivity contribution in [3.8, 4) is 0 Å². The van der Waals surface area contributed by atoms with Crippen molar-refractivity contribution in [2.24, 2.45) is 50.2 Å². The first-order valence-electron chi connectivity index (χ1n) is 25.5. The van der Waals surface area contributed by atoms with Gasteiger partial charge >= 0.3 is 11.9 Å². The molecule has 24 atom stereocenters. The zero-order valence-electron chi connectivity index (χ0n) is 42.7. The smallest absolute Gasteiger partial charge is 0.315 e. The molecule has 71 heavy (non-hydrogen) atoms. The lowest BCUT2D eigenvalue weighted by Crippen LogP contribution is -2.69. The summed E-state index contributed by atoms with van der Waals surface area (Å²) in [7, 11) is 1.72. The van der Waals surface area contributed by atoms with E-state index in [9.17, 15) is 55.5 Å². The van der Waals surface area contributed by atoms with Crippen LogP contribution in [0.1, 0.15) is 114 Å². The van der Waals surface area contributed by atoms with E-state index in [-0.39, 0.29) is 46.4 Å². The van der Waals surface area contributed by atoms with Crippen LogP contribution in [0.25, 0.3) is 0 Å². The predicted octanol–water partition coefficient (Wildman–Crippen LogP) is 0.543. The molecule has 9 N–H and O–H groups in total.